The first-order valence-electron chi connectivity index (χ1n) is 3.62. The van der Waals surface area contributed by atoms with Crippen LogP contribution >= 0.6 is 0 Å². The van der Waals surface area contributed by atoms with Gasteiger partial charge in [0.1, 0.15) is 0 Å². The fourth-order valence-corrected chi connectivity index (χ4v) is 6.39. The Hall–Kier alpha value is 0.562. The fourth-order valence-electron chi connectivity index (χ4n) is 0.710. The minimum absolute atomic E-state index is 0. The second kappa shape index (κ2) is 5.33. The van der Waals surface area contributed by atoms with Crippen molar-refractivity contribution in [2.75, 3.05) is 0 Å². The van der Waals surface area contributed by atoms with Gasteiger partial charge in [-0.25, -0.2) is 0 Å². The maximum Gasteiger partial charge on any atom is 2.00 e. The van der Waals surface area contributed by atoms with Crippen LogP contribution in [0.15, 0.2) is 13.2 Å². The van der Waals surface area contributed by atoms with E-state index in [1.807, 2.05) is 0 Å². The van der Waals surface area contributed by atoms with E-state index in [2.05, 4.69) is 50.7 Å². The van der Waals surface area contributed by atoms with Crippen LogP contribution in [0.2, 0.25) is 26.2 Å². The summed E-state index contributed by atoms with van der Waals surface area (Å²) in [6.45, 7) is 15.6. The second-order valence-corrected chi connectivity index (χ2v) is 11.0. The molecule has 0 bridgehead atoms. The van der Waals surface area contributed by atoms with Crippen LogP contribution in [0.3, 0.4) is 0 Å². The van der Waals surface area contributed by atoms with Gasteiger partial charge in [0, 0.05) is 16.6 Å². The van der Waals surface area contributed by atoms with Crippen molar-refractivity contribution in [1.29, 1.82) is 0 Å². The summed E-state index contributed by atoms with van der Waals surface area (Å²) in [6.07, 6.45) is 0. The van der Waals surface area contributed by atoms with Crippen LogP contribution in [0.4, 0.5) is 0 Å². The monoisotopic (exact) mass is 379 g/mol. The minimum atomic E-state index is -1.74. The Morgan fingerprint density at radius 3 is 1.33 bits per heavy atom. The zero-order valence-corrected chi connectivity index (χ0v) is 12.4. The van der Waals surface area contributed by atoms with E-state index in [4.69, 9.17) is 4.12 Å². The molecular weight excluding hydrogens is 363 g/mol. The third kappa shape index (κ3) is 6.12. The van der Waals surface area contributed by atoms with Gasteiger partial charge in [0.05, 0.1) is 0 Å². The van der Waals surface area contributed by atoms with Gasteiger partial charge in [-0.05, 0) is 0 Å². The molecule has 0 saturated carbocycles. The predicted molar refractivity (Wildman–Crippen MR) is 53.8 cm³/mol. The molecule has 0 aliphatic heterocycles. The molecule has 0 heterocycles. The van der Waals surface area contributed by atoms with E-state index in [1.54, 1.807) is 0 Å². The minimum Gasteiger partial charge on any atom is -0.506 e. The van der Waals surface area contributed by atoms with Gasteiger partial charge in [0.25, 0.3) is 0 Å². The topological polar surface area (TPSA) is 9.23 Å². The van der Waals surface area contributed by atoms with E-state index < -0.39 is 16.6 Å². The summed E-state index contributed by atoms with van der Waals surface area (Å²) in [5.74, 6) is 0. The van der Waals surface area contributed by atoms with Crippen molar-refractivity contribution in [2.24, 2.45) is 0 Å². The smallest absolute Gasteiger partial charge is 0.506 e. The number of hydrogen-bond donors (Lipinski definition) is 0. The van der Waals surface area contributed by atoms with Gasteiger partial charge in [-0.2, -0.15) is 0 Å². The van der Waals surface area contributed by atoms with Crippen molar-refractivity contribution < 1.29 is 25.2 Å². The maximum absolute atomic E-state index is 5.85. The summed E-state index contributed by atoms with van der Waals surface area (Å²) in [5.41, 5.74) is 5.93. The van der Waals surface area contributed by atoms with E-state index in [-0.39, 0.29) is 21.1 Å². The average Bonchev–Trinajstić information content (AvgIpc) is 1.86. The maximum atomic E-state index is 5.85. The standard InChI is InChI=1S/C8H16OSi2.Pt/c1-7-10(3,4)9-11(5,6)8-2;/h1-2H2,3-6H3;/q-2;+2. The van der Waals surface area contributed by atoms with Crippen LogP contribution in [-0.4, -0.2) is 16.6 Å². The Morgan fingerprint density at radius 1 is 0.917 bits per heavy atom. The molecule has 0 N–H and O–H groups in total. The van der Waals surface area contributed by atoms with Crippen molar-refractivity contribution in [3.05, 3.63) is 24.6 Å². The molecule has 0 aromatic rings. The third-order valence-corrected chi connectivity index (χ3v) is 7.15. The summed E-state index contributed by atoms with van der Waals surface area (Å²) >= 11 is 0. The van der Waals surface area contributed by atoms with Gasteiger partial charge in [0.15, 0.2) is 0 Å². The second-order valence-electron chi connectivity index (χ2n) is 3.48. The molecule has 72 valence electrons. The zero-order valence-electron chi connectivity index (χ0n) is 8.14. The van der Waals surface area contributed by atoms with Crippen molar-refractivity contribution in [3.63, 3.8) is 0 Å². The van der Waals surface area contributed by atoms with Gasteiger partial charge in [-0.3, -0.25) is 13.2 Å². The molecule has 0 aliphatic carbocycles. The Labute approximate surface area is 92.4 Å². The van der Waals surface area contributed by atoms with E-state index in [0.29, 0.717) is 0 Å². The average molecular weight is 379 g/mol. The fraction of sp³-hybridized carbons (Fsp3) is 0.500. The molecule has 1 nitrogen and oxygen atoms in total. The van der Waals surface area contributed by atoms with Crippen LogP contribution in [-0.2, 0) is 25.2 Å². The van der Waals surface area contributed by atoms with Crippen LogP contribution in [0.25, 0.3) is 0 Å². The third-order valence-electron chi connectivity index (χ3n) is 1.36. The van der Waals surface area contributed by atoms with E-state index in [0.717, 1.165) is 0 Å². The summed E-state index contributed by atoms with van der Waals surface area (Å²) in [5, 5.41) is 0. The molecule has 0 rings (SSSR count). The summed E-state index contributed by atoms with van der Waals surface area (Å²) in [4.78, 5) is 0. The largest absolute Gasteiger partial charge is 2.00 e. The van der Waals surface area contributed by atoms with Gasteiger partial charge in [-0.15, -0.1) is 0 Å². The molecule has 4 heteroatoms. The van der Waals surface area contributed by atoms with E-state index in [1.165, 1.54) is 0 Å². The van der Waals surface area contributed by atoms with Gasteiger partial charge in [0.2, 0.25) is 0 Å². The van der Waals surface area contributed by atoms with Crippen molar-refractivity contribution >= 4 is 16.6 Å². The molecule has 12 heavy (non-hydrogen) atoms. The quantitative estimate of drug-likeness (QED) is 0.539. The molecule has 0 aromatic carbocycles. The SMILES string of the molecule is C=[C-][Si](C)(C)O[Si](C)(C)[C-]=C.[Pt+2]. The van der Waals surface area contributed by atoms with Crippen LogP contribution < -0.4 is 0 Å². The number of rotatable bonds is 4. The normalized spacial score (nSPS) is 11.7. The predicted octanol–water partition coefficient (Wildman–Crippen LogP) is 2.47. The molecule has 0 saturated heterocycles. The van der Waals surface area contributed by atoms with Gasteiger partial charge >= 0.3 is 21.1 Å². The van der Waals surface area contributed by atoms with Gasteiger partial charge < -0.3 is 15.5 Å². The summed E-state index contributed by atoms with van der Waals surface area (Å²) < 4.78 is 5.85. The van der Waals surface area contributed by atoms with Crippen molar-refractivity contribution in [3.8, 4) is 0 Å². The first-order chi connectivity index (χ1) is 4.83. The van der Waals surface area contributed by atoms with Crippen LogP contribution in [0.1, 0.15) is 0 Å². The molecule has 0 aromatic heterocycles. The number of hydrogen-bond acceptors (Lipinski definition) is 1. The molecule has 0 fully saturated rings. The summed E-state index contributed by atoms with van der Waals surface area (Å²) in [6, 6.07) is 0. The van der Waals surface area contributed by atoms with E-state index in [9.17, 15) is 0 Å². The summed E-state index contributed by atoms with van der Waals surface area (Å²) in [7, 11) is -3.47. The molecule has 0 radical (unpaired) electrons. The molecule has 0 atom stereocenters. The Balaban J connectivity index is 0. The first kappa shape index (κ1) is 15.1. The Kier molecular flexibility index (Phi) is 6.68. The van der Waals surface area contributed by atoms with Crippen molar-refractivity contribution in [2.45, 2.75) is 26.2 Å². The van der Waals surface area contributed by atoms with Crippen molar-refractivity contribution in [1.82, 2.24) is 0 Å². The van der Waals surface area contributed by atoms with E-state index >= 15 is 0 Å². The van der Waals surface area contributed by atoms with Crippen LogP contribution in [0, 0.1) is 11.4 Å². The Bertz CT molecular complexity index is 148. The first-order valence-corrected chi connectivity index (χ1v) is 9.43. The molecule has 0 aliphatic rings. The zero-order chi connectivity index (χ0) is 9.12. The van der Waals surface area contributed by atoms with Gasteiger partial charge in [-0.1, -0.05) is 26.2 Å². The molecule has 0 spiro atoms. The Morgan fingerprint density at radius 2 is 1.17 bits per heavy atom. The molecule has 0 amide bonds. The molecule has 0 unspecified atom stereocenters. The molecular formula is C8H16OPtSi2. The van der Waals surface area contributed by atoms with Crippen LogP contribution in [0.5, 0.6) is 0 Å².